The third-order valence-electron chi connectivity index (χ3n) is 3.42. The summed E-state index contributed by atoms with van der Waals surface area (Å²) in [5.74, 6) is -0.108. The molecule has 1 heterocycles. The highest BCUT2D eigenvalue weighted by molar-refractivity contribution is 5.97. The van der Waals surface area contributed by atoms with Crippen LogP contribution in [0.5, 0.6) is 5.75 Å². The molecule has 4 nitrogen and oxygen atoms in total. The molecule has 0 aliphatic carbocycles. The highest BCUT2D eigenvalue weighted by atomic mass is 19.1. The Hall–Kier alpha value is -1.62. The molecule has 1 atom stereocenters. The number of carbonyl (C=O) groups is 1. The molecule has 0 aromatic heterocycles. The van der Waals surface area contributed by atoms with Crippen LogP contribution in [0.15, 0.2) is 18.2 Å². The van der Waals surface area contributed by atoms with Crippen molar-refractivity contribution in [2.45, 2.75) is 12.8 Å². The Morgan fingerprint density at radius 3 is 3.11 bits per heavy atom. The van der Waals surface area contributed by atoms with E-state index in [1.54, 1.807) is 6.07 Å². The van der Waals surface area contributed by atoms with Gasteiger partial charge in [-0.25, -0.2) is 4.39 Å². The Morgan fingerprint density at radius 2 is 2.42 bits per heavy atom. The molecule has 1 unspecified atom stereocenters. The van der Waals surface area contributed by atoms with Crippen molar-refractivity contribution in [1.29, 1.82) is 0 Å². The lowest BCUT2D eigenvalue weighted by Gasteiger charge is -2.12. The van der Waals surface area contributed by atoms with Gasteiger partial charge in [-0.2, -0.15) is 0 Å². The van der Waals surface area contributed by atoms with E-state index in [1.165, 1.54) is 19.2 Å². The Balaban J connectivity index is 1.92. The van der Waals surface area contributed by atoms with Crippen LogP contribution in [0.4, 0.5) is 4.39 Å². The van der Waals surface area contributed by atoms with Crippen LogP contribution in [0.3, 0.4) is 0 Å². The smallest absolute Gasteiger partial charge is 0.258 e. The maximum absolute atomic E-state index is 13.7. The average molecular weight is 266 g/mol. The van der Waals surface area contributed by atoms with Crippen molar-refractivity contribution in [3.63, 3.8) is 0 Å². The van der Waals surface area contributed by atoms with E-state index in [0.29, 0.717) is 12.5 Å². The van der Waals surface area contributed by atoms with Crippen LogP contribution in [-0.4, -0.2) is 32.7 Å². The van der Waals surface area contributed by atoms with Crippen molar-refractivity contribution < 1.29 is 13.9 Å². The number of methoxy groups -OCH3 is 1. The lowest BCUT2D eigenvalue weighted by Crippen LogP contribution is -2.27. The Morgan fingerprint density at radius 1 is 1.58 bits per heavy atom. The molecule has 1 aliphatic rings. The van der Waals surface area contributed by atoms with Gasteiger partial charge < -0.3 is 15.4 Å². The fourth-order valence-corrected chi connectivity index (χ4v) is 2.33. The number of halogens is 1. The molecule has 2 rings (SSSR count). The van der Waals surface area contributed by atoms with Crippen molar-refractivity contribution in [2.24, 2.45) is 5.92 Å². The highest BCUT2D eigenvalue weighted by Crippen LogP contribution is 2.21. The van der Waals surface area contributed by atoms with Gasteiger partial charge in [-0.3, -0.25) is 4.79 Å². The Bertz CT molecular complexity index is 445. The molecule has 104 valence electrons. The van der Waals surface area contributed by atoms with Crippen molar-refractivity contribution in [3.05, 3.63) is 29.6 Å². The zero-order chi connectivity index (χ0) is 13.7. The quantitative estimate of drug-likeness (QED) is 0.850. The van der Waals surface area contributed by atoms with Crippen LogP contribution < -0.4 is 15.4 Å². The predicted molar refractivity (Wildman–Crippen MR) is 70.9 cm³/mol. The molecule has 1 aliphatic heterocycles. The van der Waals surface area contributed by atoms with E-state index >= 15 is 0 Å². The van der Waals surface area contributed by atoms with E-state index in [-0.39, 0.29) is 11.3 Å². The van der Waals surface area contributed by atoms with Gasteiger partial charge in [0.15, 0.2) is 0 Å². The first-order valence-corrected chi connectivity index (χ1v) is 6.53. The zero-order valence-electron chi connectivity index (χ0n) is 11.0. The van der Waals surface area contributed by atoms with E-state index in [0.717, 1.165) is 25.9 Å². The number of hydrogen-bond acceptors (Lipinski definition) is 3. The molecule has 1 saturated heterocycles. The normalized spacial score (nSPS) is 18.3. The molecule has 1 aromatic rings. The fraction of sp³-hybridized carbons (Fsp3) is 0.500. The maximum atomic E-state index is 13.7. The molecule has 0 saturated carbocycles. The number of nitrogens with one attached hydrogen (secondary N) is 2. The van der Waals surface area contributed by atoms with E-state index in [4.69, 9.17) is 4.74 Å². The predicted octanol–water partition coefficient (Wildman–Crippen LogP) is 1.56. The second-order valence-electron chi connectivity index (χ2n) is 4.72. The lowest BCUT2D eigenvalue weighted by molar-refractivity contribution is 0.0944. The highest BCUT2D eigenvalue weighted by Gasteiger charge is 2.18. The molecule has 0 radical (unpaired) electrons. The van der Waals surface area contributed by atoms with Gasteiger partial charge in [0.25, 0.3) is 5.91 Å². The minimum Gasteiger partial charge on any atom is -0.496 e. The molecular formula is C14H19FN2O2. The van der Waals surface area contributed by atoms with Crippen molar-refractivity contribution >= 4 is 5.91 Å². The first-order valence-electron chi connectivity index (χ1n) is 6.53. The number of benzene rings is 1. The van der Waals surface area contributed by atoms with Crippen LogP contribution in [0.1, 0.15) is 23.2 Å². The van der Waals surface area contributed by atoms with Gasteiger partial charge >= 0.3 is 0 Å². The summed E-state index contributed by atoms with van der Waals surface area (Å²) in [7, 11) is 1.43. The van der Waals surface area contributed by atoms with Gasteiger partial charge in [0.2, 0.25) is 0 Å². The number of carbonyl (C=O) groups excluding carboxylic acids is 1. The van der Waals surface area contributed by atoms with Crippen LogP contribution >= 0.6 is 0 Å². The molecule has 5 heteroatoms. The number of amides is 1. The van der Waals surface area contributed by atoms with Gasteiger partial charge in [-0.15, -0.1) is 0 Å². The SMILES string of the molecule is COc1cccc(F)c1C(=O)NCCC1CCNC1. The van der Waals surface area contributed by atoms with Crippen LogP contribution in [-0.2, 0) is 0 Å². The molecule has 1 amide bonds. The second kappa shape index (κ2) is 6.52. The molecule has 0 bridgehead atoms. The van der Waals surface area contributed by atoms with E-state index in [1.807, 2.05) is 0 Å². The first-order chi connectivity index (χ1) is 9.22. The number of rotatable bonds is 5. The van der Waals surface area contributed by atoms with Gasteiger partial charge in [-0.1, -0.05) is 6.07 Å². The van der Waals surface area contributed by atoms with Gasteiger partial charge in [0, 0.05) is 6.54 Å². The van der Waals surface area contributed by atoms with Crippen LogP contribution in [0.25, 0.3) is 0 Å². The van der Waals surface area contributed by atoms with Gasteiger partial charge in [-0.05, 0) is 44.0 Å². The summed E-state index contributed by atoms with van der Waals surface area (Å²) in [6, 6.07) is 4.37. The largest absolute Gasteiger partial charge is 0.496 e. The summed E-state index contributed by atoms with van der Waals surface area (Å²) in [6.45, 7) is 2.60. The summed E-state index contributed by atoms with van der Waals surface area (Å²) in [5, 5.41) is 6.03. The summed E-state index contributed by atoms with van der Waals surface area (Å²) < 4.78 is 18.7. The topological polar surface area (TPSA) is 50.4 Å². The van der Waals surface area contributed by atoms with Crippen molar-refractivity contribution in [2.75, 3.05) is 26.7 Å². The fourth-order valence-electron chi connectivity index (χ4n) is 2.33. The average Bonchev–Trinajstić information content (AvgIpc) is 2.91. The van der Waals surface area contributed by atoms with Crippen molar-refractivity contribution in [1.82, 2.24) is 10.6 Å². The first kappa shape index (κ1) is 13.8. The van der Waals surface area contributed by atoms with Crippen molar-refractivity contribution in [3.8, 4) is 5.75 Å². The van der Waals surface area contributed by atoms with Crippen LogP contribution in [0, 0.1) is 11.7 Å². The Kier molecular flexibility index (Phi) is 4.74. The minimum atomic E-state index is -0.556. The summed E-state index contributed by atoms with van der Waals surface area (Å²) in [6.07, 6.45) is 2.05. The lowest BCUT2D eigenvalue weighted by atomic mass is 10.1. The van der Waals surface area contributed by atoms with Gasteiger partial charge in [0.05, 0.1) is 7.11 Å². The molecular weight excluding hydrogens is 247 g/mol. The molecule has 1 fully saturated rings. The number of ether oxygens (including phenoxy) is 1. The monoisotopic (exact) mass is 266 g/mol. The molecule has 2 N–H and O–H groups in total. The standard InChI is InChI=1S/C14H19FN2O2/c1-19-12-4-2-3-11(15)13(12)14(18)17-8-6-10-5-7-16-9-10/h2-4,10,16H,5-9H2,1H3,(H,17,18). The maximum Gasteiger partial charge on any atom is 0.258 e. The van der Waals surface area contributed by atoms with E-state index < -0.39 is 11.7 Å². The van der Waals surface area contributed by atoms with Crippen LogP contribution in [0.2, 0.25) is 0 Å². The molecule has 19 heavy (non-hydrogen) atoms. The van der Waals surface area contributed by atoms with E-state index in [9.17, 15) is 9.18 Å². The second-order valence-corrected chi connectivity index (χ2v) is 4.72. The third kappa shape index (κ3) is 3.44. The zero-order valence-corrected chi connectivity index (χ0v) is 11.0. The third-order valence-corrected chi connectivity index (χ3v) is 3.42. The number of hydrogen-bond donors (Lipinski definition) is 2. The molecule has 0 spiro atoms. The summed E-state index contributed by atoms with van der Waals surface area (Å²) in [5.41, 5.74) is -0.0189. The minimum absolute atomic E-state index is 0.0189. The van der Waals surface area contributed by atoms with Gasteiger partial charge in [0.1, 0.15) is 17.1 Å². The molecule has 1 aromatic carbocycles. The van der Waals surface area contributed by atoms with E-state index in [2.05, 4.69) is 10.6 Å². The summed E-state index contributed by atoms with van der Waals surface area (Å²) >= 11 is 0. The Labute approximate surface area is 112 Å². The summed E-state index contributed by atoms with van der Waals surface area (Å²) in [4.78, 5) is 12.0.